The lowest BCUT2D eigenvalue weighted by Gasteiger charge is -2.32. The van der Waals surface area contributed by atoms with E-state index >= 15 is 0 Å². The molecule has 0 aromatic carbocycles. The third-order valence-electron chi connectivity index (χ3n) is 2.72. The van der Waals surface area contributed by atoms with E-state index in [1.54, 1.807) is 0 Å². The van der Waals surface area contributed by atoms with Gasteiger partial charge in [0, 0.05) is 12.8 Å². The first-order chi connectivity index (χ1) is 5.60. The molecule has 2 N–H and O–H groups in total. The second kappa shape index (κ2) is 2.44. The van der Waals surface area contributed by atoms with Crippen LogP contribution in [0, 0.1) is 0 Å². The molecule has 0 radical (unpaired) electrons. The molecular weight excluding hydrogens is 160 g/mol. The first kappa shape index (κ1) is 8.01. The van der Waals surface area contributed by atoms with E-state index in [1.165, 1.54) is 0 Å². The third-order valence-corrected chi connectivity index (χ3v) is 2.72. The van der Waals surface area contributed by atoms with Crippen molar-refractivity contribution >= 4 is 5.97 Å². The van der Waals surface area contributed by atoms with E-state index < -0.39 is 11.6 Å². The number of carboxylic acid groups (broad SMARTS) is 1. The van der Waals surface area contributed by atoms with Gasteiger partial charge in [-0.3, -0.25) is 0 Å². The maximum Gasteiger partial charge on any atom is 0.335 e. The number of carboxylic acids is 1. The van der Waals surface area contributed by atoms with Crippen LogP contribution in [0.1, 0.15) is 25.7 Å². The molecule has 4 nitrogen and oxygen atoms in total. The van der Waals surface area contributed by atoms with Crippen molar-refractivity contribution in [2.45, 2.75) is 43.5 Å². The summed E-state index contributed by atoms with van der Waals surface area (Å²) in [5, 5.41) is 18.4. The molecule has 2 fully saturated rings. The van der Waals surface area contributed by atoms with Crippen LogP contribution in [0.3, 0.4) is 0 Å². The lowest BCUT2D eigenvalue weighted by molar-refractivity contribution is -0.176. The first-order valence-corrected chi connectivity index (χ1v) is 4.21. The third kappa shape index (κ3) is 1.11. The zero-order chi connectivity index (χ0) is 8.77. The fraction of sp³-hybridized carbons (Fsp3) is 0.875. The summed E-state index contributed by atoms with van der Waals surface area (Å²) in [5.74, 6) is -1.11. The van der Waals surface area contributed by atoms with Gasteiger partial charge in [0.25, 0.3) is 0 Å². The van der Waals surface area contributed by atoms with Crippen molar-refractivity contribution in [3.8, 4) is 0 Å². The maximum absolute atomic E-state index is 10.7. The van der Waals surface area contributed by atoms with E-state index in [0.29, 0.717) is 0 Å². The summed E-state index contributed by atoms with van der Waals surface area (Å²) in [5.41, 5.74) is -1.52. The van der Waals surface area contributed by atoms with Gasteiger partial charge in [0.1, 0.15) is 0 Å². The van der Waals surface area contributed by atoms with Gasteiger partial charge in [0.15, 0.2) is 5.60 Å². The van der Waals surface area contributed by atoms with Crippen LogP contribution in [-0.4, -0.2) is 34.0 Å². The summed E-state index contributed by atoms with van der Waals surface area (Å²) < 4.78 is 5.42. The monoisotopic (exact) mass is 172 g/mol. The predicted octanol–water partition coefficient (Wildman–Crippen LogP) is 0.143. The highest BCUT2D eigenvalue weighted by Gasteiger charge is 2.48. The van der Waals surface area contributed by atoms with Gasteiger partial charge in [0.2, 0.25) is 0 Å². The quantitative estimate of drug-likeness (QED) is 0.590. The second-order valence-corrected chi connectivity index (χ2v) is 3.70. The Bertz CT molecular complexity index is 201. The van der Waals surface area contributed by atoms with Crippen LogP contribution in [-0.2, 0) is 9.53 Å². The zero-order valence-electron chi connectivity index (χ0n) is 6.69. The van der Waals surface area contributed by atoms with Crippen molar-refractivity contribution in [1.29, 1.82) is 0 Å². The van der Waals surface area contributed by atoms with Crippen LogP contribution in [0.15, 0.2) is 0 Å². The Balaban J connectivity index is 2.15. The van der Waals surface area contributed by atoms with Gasteiger partial charge in [-0.05, 0) is 12.8 Å². The molecule has 4 heteroatoms. The highest BCUT2D eigenvalue weighted by Crippen LogP contribution is 2.38. The number of fused-ring (bicyclic) bond motifs is 2. The minimum absolute atomic E-state index is 0.0372. The highest BCUT2D eigenvalue weighted by atomic mass is 16.5. The molecule has 2 saturated heterocycles. The topological polar surface area (TPSA) is 66.8 Å². The smallest absolute Gasteiger partial charge is 0.335 e. The van der Waals surface area contributed by atoms with Gasteiger partial charge in [-0.15, -0.1) is 0 Å². The first-order valence-electron chi connectivity index (χ1n) is 4.21. The summed E-state index contributed by atoms with van der Waals surface area (Å²) in [4.78, 5) is 10.7. The Hall–Kier alpha value is -0.610. The minimum Gasteiger partial charge on any atom is -0.479 e. The van der Waals surface area contributed by atoms with Gasteiger partial charge in [-0.25, -0.2) is 4.79 Å². The Labute approximate surface area is 70.1 Å². The molecule has 2 unspecified atom stereocenters. The van der Waals surface area contributed by atoms with Crippen LogP contribution >= 0.6 is 0 Å². The maximum atomic E-state index is 10.7. The van der Waals surface area contributed by atoms with Gasteiger partial charge in [0.05, 0.1) is 12.2 Å². The molecule has 0 aromatic heterocycles. The second-order valence-electron chi connectivity index (χ2n) is 3.70. The van der Waals surface area contributed by atoms with Gasteiger partial charge < -0.3 is 14.9 Å². The van der Waals surface area contributed by atoms with Crippen LogP contribution in [0.25, 0.3) is 0 Å². The number of carbonyl (C=O) groups is 1. The normalized spacial score (nSPS) is 46.1. The molecule has 2 aliphatic heterocycles. The van der Waals surface area contributed by atoms with E-state index in [2.05, 4.69) is 0 Å². The van der Waals surface area contributed by atoms with Crippen molar-refractivity contribution in [3.63, 3.8) is 0 Å². The standard InChI is InChI=1S/C8H12O4/c9-7(10)8(11)3-5-1-2-6(4-8)12-5/h5-6,11H,1-4H2,(H,9,10). The lowest BCUT2D eigenvalue weighted by atomic mass is 9.90. The molecule has 0 spiro atoms. The number of ether oxygens (including phenoxy) is 1. The highest BCUT2D eigenvalue weighted by molar-refractivity contribution is 5.77. The van der Waals surface area contributed by atoms with Crippen LogP contribution in [0.2, 0.25) is 0 Å². The molecule has 2 heterocycles. The number of aliphatic carboxylic acids is 1. The van der Waals surface area contributed by atoms with Crippen molar-refractivity contribution in [2.24, 2.45) is 0 Å². The Kier molecular flexibility index (Phi) is 1.63. The Morgan fingerprint density at radius 1 is 1.33 bits per heavy atom. The molecule has 0 aliphatic carbocycles. The molecule has 68 valence electrons. The molecule has 0 saturated carbocycles. The summed E-state index contributed by atoms with van der Waals surface area (Å²) in [6, 6.07) is 0. The lowest BCUT2D eigenvalue weighted by Crippen LogP contribution is -2.47. The molecule has 0 amide bonds. The number of hydrogen-bond acceptors (Lipinski definition) is 3. The van der Waals surface area contributed by atoms with Crippen molar-refractivity contribution in [3.05, 3.63) is 0 Å². The average Bonchev–Trinajstić information content (AvgIpc) is 2.30. The Morgan fingerprint density at radius 3 is 2.25 bits per heavy atom. The van der Waals surface area contributed by atoms with E-state index in [4.69, 9.17) is 9.84 Å². The summed E-state index contributed by atoms with van der Waals surface area (Å²) in [7, 11) is 0. The average molecular weight is 172 g/mol. The van der Waals surface area contributed by atoms with Crippen molar-refractivity contribution in [1.82, 2.24) is 0 Å². The fourth-order valence-corrected chi connectivity index (χ4v) is 2.09. The van der Waals surface area contributed by atoms with Crippen LogP contribution in [0.5, 0.6) is 0 Å². The molecular formula is C8H12O4. The molecule has 2 atom stereocenters. The van der Waals surface area contributed by atoms with E-state index in [9.17, 15) is 9.90 Å². The number of aliphatic hydroxyl groups is 1. The van der Waals surface area contributed by atoms with Gasteiger partial charge in [-0.1, -0.05) is 0 Å². The zero-order valence-corrected chi connectivity index (χ0v) is 6.69. The molecule has 0 aromatic rings. The largest absolute Gasteiger partial charge is 0.479 e. The van der Waals surface area contributed by atoms with Crippen LogP contribution in [0.4, 0.5) is 0 Å². The molecule has 12 heavy (non-hydrogen) atoms. The van der Waals surface area contributed by atoms with Crippen LogP contribution < -0.4 is 0 Å². The fourth-order valence-electron chi connectivity index (χ4n) is 2.09. The molecule has 2 aliphatic rings. The summed E-state index contributed by atoms with van der Waals surface area (Å²) in [6.07, 6.45) is 2.20. The van der Waals surface area contributed by atoms with E-state index in [-0.39, 0.29) is 25.0 Å². The minimum atomic E-state index is -1.52. The number of rotatable bonds is 1. The number of hydrogen-bond donors (Lipinski definition) is 2. The van der Waals surface area contributed by atoms with E-state index in [0.717, 1.165) is 12.8 Å². The van der Waals surface area contributed by atoms with Crippen molar-refractivity contribution in [2.75, 3.05) is 0 Å². The predicted molar refractivity (Wildman–Crippen MR) is 39.7 cm³/mol. The summed E-state index contributed by atoms with van der Waals surface area (Å²) >= 11 is 0. The summed E-state index contributed by atoms with van der Waals surface area (Å²) in [6.45, 7) is 0. The van der Waals surface area contributed by atoms with E-state index in [1.807, 2.05) is 0 Å². The molecule has 2 rings (SSSR count). The van der Waals surface area contributed by atoms with Gasteiger partial charge in [-0.2, -0.15) is 0 Å². The SMILES string of the molecule is O=C(O)C1(O)CC2CCC(C1)O2. The van der Waals surface area contributed by atoms with Gasteiger partial charge >= 0.3 is 5.97 Å². The Morgan fingerprint density at radius 2 is 1.83 bits per heavy atom. The molecule has 2 bridgehead atoms. The van der Waals surface area contributed by atoms with Crippen molar-refractivity contribution < 1.29 is 19.7 Å².